The smallest absolute Gasteiger partial charge is 0.234 e. The first-order valence-corrected chi connectivity index (χ1v) is 7.25. The summed E-state index contributed by atoms with van der Waals surface area (Å²) in [7, 11) is 0. The number of anilines is 1. The van der Waals surface area contributed by atoms with Gasteiger partial charge in [0.2, 0.25) is 5.88 Å². The Balaban J connectivity index is 1.55. The van der Waals surface area contributed by atoms with Gasteiger partial charge < -0.3 is 19.6 Å². The number of nitrogens with zero attached hydrogens (tertiary/aromatic N) is 2. The van der Waals surface area contributed by atoms with Gasteiger partial charge in [0, 0.05) is 6.54 Å². The minimum atomic E-state index is -0.749. The van der Waals surface area contributed by atoms with E-state index in [1.807, 2.05) is 30.3 Å². The number of aromatic nitrogens is 2. The molecule has 3 aromatic rings. The van der Waals surface area contributed by atoms with E-state index >= 15 is 0 Å². The average molecular weight is 311 g/mol. The van der Waals surface area contributed by atoms with Crippen LogP contribution < -0.4 is 10.1 Å². The Labute approximate surface area is 133 Å². The van der Waals surface area contributed by atoms with E-state index in [1.165, 1.54) is 6.26 Å². The molecule has 0 spiro atoms. The van der Waals surface area contributed by atoms with Crippen LogP contribution in [0.2, 0.25) is 0 Å². The van der Waals surface area contributed by atoms with Crippen LogP contribution in [0.25, 0.3) is 0 Å². The Kier molecular flexibility index (Phi) is 4.85. The van der Waals surface area contributed by atoms with Crippen molar-refractivity contribution >= 4 is 5.82 Å². The molecule has 23 heavy (non-hydrogen) atoms. The highest BCUT2D eigenvalue weighted by molar-refractivity contribution is 5.33. The van der Waals surface area contributed by atoms with Crippen molar-refractivity contribution in [2.75, 3.05) is 11.9 Å². The number of hydrogen-bond donors (Lipinski definition) is 2. The predicted molar refractivity (Wildman–Crippen MR) is 85.0 cm³/mol. The summed E-state index contributed by atoms with van der Waals surface area (Å²) in [6, 6.07) is 13.3. The predicted octanol–water partition coefficient (Wildman–Crippen LogP) is 2.79. The Morgan fingerprint density at radius 3 is 2.78 bits per heavy atom. The lowest BCUT2D eigenvalue weighted by atomic mass is 10.2. The molecule has 0 aliphatic rings. The lowest BCUT2D eigenvalue weighted by Crippen LogP contribution is -2.12. The van der Waals surface area contributed by atoms with Gasteiger partial charge in [-0.05, 0) is 17.7 Å². The van der Waals surface area contributed by atoms with E-state index in [4.69, 9.17) is 9.15 Å². The van der Waals surface area contributed by atoms with Gasteiger partial charge in [0.1, 0.15) is 24.3 Å². The molecule has 3 rings (SSSR count). The number of benzene rings is 1. The first-order valence-electron chi connectivity index (χ1n) is 7.25. The second kappa shape index (κ2) is 7.42. The van der Waals surface area contributed by atoms with Gasteiger partial charge in [-0.15, -0.1) is 0 Å². The Morgan fingerprint density at radius 2 is 2.00 bits per heavy atom. The van der Waals surface area contributed by atoms with Gasteiger partial charge in [0.25, 0.3) is 0 Å². The van der Waals surface area contributed by atoms with Crippen molar-refractivity contribution in [1.29, 1.82) is 0 Å². The van der Waals surface area contributed by atoms with Crippen molar-refractivity contribution in [3.8, 4) is 5.88 Å². The summed E-state index contributed by atoms with van der Waals surface area (Å²) in [4.78, 5) is 8.39. The van der Waals surface area contributed by atoms with Crippen LogP contribution in [0.3, 0.4) is 0 Å². The molecule has 0 aliphatic carbocycles. The number of aliphatic hydroxyl groups is 1. The van der Waals surface area contributed by atoms with E-state index in [0.717, 1.165) is 5.56 Å². The van der Waals surface area contributed by atoms with Crippen molar-refractivity contribution in [2.24, 2.45) is 0 Å². The standard InChI is InChI=1S/C17H17N3O3/c21-14(15-7-4-8-22-15)9-19-16-10-18-11-17(20-16)23-12-13-5-2-1-3-6-13/h1-8,10-11,14,21H,9,12H2,(H,19,20)/t14-/m1/s1. The van der Waals surface area contributed by atoms with Gasteiger partial charge >= 0.3 is 0 Å². The molecule has 0 amide bonds. The van der Waals surface area contributed by atoms with E-state index in [2.05, 4.69) is 15.3 Å². The molecule has 0 saturated carbocycles. The lowest BCUT2D eigenvalue weighted by Gasteiger charge is -2.11. The maximum atomic E-state index is 9.96. The highest BCUT2D eigenvalue weighted by atomic mass is 16.5. The molecule has 0 aliphatic heterocycles. The molecule has 0 unspecified atom stereocenters. The lowest BCUT2D eigenvalue weighted by molar-refractivity contribution is 0.162. The van der Waals surface area contributed by atoms with Gasteiger partial charge in [0.05, 0.1) is 18.7 Å². The molecule has 6 nitrogen and oxygen atoms in total. The molecule has 6 heteroatoms. The molecule has 1 atom stereocenters. The first-order chi connectivity index (χ1) is 11.3. The fourth-order valence-electron chi connectivity index (χ4n) is 2.02. The summed E-state index contributed by atoms with van der Waals surface area (Å²) in [6.45, 7) is 0.693. The molecule has 0 bridgehead atoms. The SMILES string of the molecule is O[C@H](CNc1cncc(OCc2ccccc2)n1)c1ccco1. The molecule has 2 N–H and O–H groups in total. The topological polar surface area (TPSA) is 80.4 Å². The fourth-order valence-corrected chi connectivity index (χ4v) is 2.02. The molecule has 118 valence electrons. The zero-order valence-corrected chi connectivity index (χ0v) is 12.4. The van der Waals surface area contributed by atoms with E-state index in [9.17, 15) is 5.11 Å². The fraction of sp³-hybridized carbons (Fsp3) is 0.176. The Hall–Kier alpha value is -2.86. The van der Waals surface area contributed by atoms with Crippen molar-refractivity contribution < 1.29 is 14.3 Å². The summed E-state index contributed by atoms with van der Waals surface area (Å²) in [5.74, 6) is 1.45. The number of nitrogens with one attached hydrogen (secondary N) is 1. The van der Waals surface area contributed by atoms with Crippen LogP contribution in [0.1, 0.15) is 17.4 Å². The third-order valence-corrected chi connectivity index (χ3v) is 3.19. The Bertz CT molecular complexity index is 717. The van der Waals surface area contributed by atoms with Crippen LogP contribution >= 0.6 is 0 Å². The highest BCUT2D eigenvalue weighted by Gasteiger charge is 2.10. The summed E-state index contributed by atoms with van der Waals surface area (Å²) in [5, 5.41) is 13.0. The molecule has 0 saturated heterocycles. The van der Waals surface area contributed by atoms with Crippen molar-refractivity contribution in [3.63, 3.8) is 0 Å². The third-order valence-electron chi connectivity index (χ3n) is 3.19. The molecular weight excluding hydrogens is 294 g/mol. The number of aliphatic hydroxyl groups excluding tert-OH is 1. The minimum absolute atomic E-state index is 0.268. The zero-order valence-electron chi connectivity index (χ0n) is 12.4. The molecule has 0 radical (unpaired) electrons. The van der Waals surface area contributed by atoms with Crippen molar-refractivity contribution in [1.82, 2.24) is 9.97 Å². The van der Waals surface area contributed by atoms with Crippen LogP contribution in [0.15, 0.2) is 65.5 Å². The number of hydrogen-bond acceptors (Lipinski definition) is 6. The van der Waals surface area contributed by atoms with Crippen molar-refractivity contribution in [2.45, 2.75) is 12.7 Å². The van der Waals surface area contributed by atoms with Crippen LogP contribution in [0, 0.1) is 0 Å². The van der Waals surface area contributed by atoms with Crippen LogP contribution in [0.4, 0.5) is 5.82 Å². The second-order valence-corrected chi connectivity index (χ2v) is 4.93. The normalized spacial score (nSPS) is 11.9. The average Bonchev–Trinajstić information content (AvgIpc) is 3.14. The van der Waals surface area contributed by atoms with Crippen LogP contribution in [-0.2, 0) is 6.61 Å². The van der Waals surface area contributed by atoms with E-state index < -0.39 is 6.10 Å². The number of rotatable bonds is 7. The number of furan rings is 1. The summed E-state index contributed by atoms with van der Waals surface area (Å²) >= 11 is 0. The molecule has 1 aromatic carbocycles. The molecule has 2 aromatic heterocycles. The van der Waals surface area contributed by atoms with E-state index in [-0.39, 0.29) is 6.54 Å². The number of ether oxygens (including phenoxy) is 1. The molecular formula is C17H17N3O3. The molecule has 2 heterocycles. The zero-order chi connectivity index (χ0) is 15.9. The summed E-state index contributed by atoms with van der Waals surface area (Å²) in [5.41, 5.74) is 1.06. The monoisotopic (exact) mass is 311 g/mol. The minimum Gasteiger partial charge on any atom is -0.472 e. The van der Waals surface area contributed by atoms with Gasteiger partial charge in [-0.1, -0.05) is 30.3 Å². The Morgan fingerprint density at radius 1 is 1.13 bits per heavy atom. The van der Waals surface area contributed by atoms with Crippen LogP contribution in [0.5, 0.6) is 5.88 Å². The third kappa shape index (κ3) is 4.31. The van der Waals surface area contributed by atoms with E-state index in [0.29, 0.717) is 24.1 Å². The highest BCUT2D eigenvalue weighted by Crippen LogP contribution is 2.15. The largest absolute Gasteiger partial charge is 0.472 e. The van der Waals surface area contributed by atoms with Crippen molar-refractivity contribution in [3.05, 3.63) is 72.4 Å². The van der Waals surface area contributed by atoms with Gasteiger partial charge in [-0.25, -0.2) is 0 Å². The van der Waals surface area contributed by atoms with E-state index in [1.54, 1.807) is 24.5 Å². The van der Waals surface area contributed by atoms with Gasteiger partial charge in [0.15, 0.2) is 0 Å². The van der Waals surface area contributed by atoms with Gasteiger partial charge in [-0.2, -0.15) is 4.98 Å². The second-order valence-electron chi connectivity index (χ2n) is 4.93. The maximum absolute atomic E-state index is 9.96. The van der Waals surface area contributed by atoms with Crippen LogP contribution in [-0.4, -0.2) is 21.6 Å². The molecule has 0 fully saturated rings. The summed E-state index contributed by atoms with van der Waals surface area (Å²) < 4.78 is 10.8. The van der Waals surface area contributed by atoms with Gasteiger partial charge in [-0.3, -0.25) is 4.98 Å². The quantitative estimate of drug-likeness (QED) is 0.698. The summed E-state index contributed by atoms with van der Waals surface area (Å²) in [6.07, 6.45) is 3.90. The first kappa shape index (κ1) is 15.1. The maximum Gasteiger partial charge on any atom is 0.234 e.